The van der Waals surface area contributed by atoms with Crippen LogP contribution in [0.5, 0.6) is 0 Å². The molecule has 0 bridgehead atoms. The van der Waals surface area contributed by atoms with Gasteiger partial charge in [0.15, 0.2) is 0 Å². The molecule has 0 fully saturated rings. The van der Waals surface area contributed by atoms with Crippen molar-refractivity contribution in [3.05, 3.63) is 114 Å². The van der Waals surface area contributed by atoms with Crippen molar-refractivity contribution in [1.29, 1.82) is 0 Å². The average molecular weight is 397 g/mol. The first-order valence-corrected chi connectivity index (χ1v) is 9.81. The third-order valence-electron chi connectivity index (χ3n) is 4.69. The highest BCUT2D eigenvalue weighted by Crippen LogP contribution is 2.16. The van der Waals surface area contributed by atoms with Gasteiger partial charge in [0.05, 0.1) is 5.70 Å². The Bertz CT molecular complexity index is 1060. The maximum atomic E-state index is 12.5. The van der Waals surface area contributed by atoms with Crippen LogP contribution >= 0.6 is 0 Å². The summed E-state index contributed by atoms with van der Waals surface area (Å²) < 4.78 is 0. The van der Waals surface area contributed by atoms with Gasteiger partial charge in [-0.1, -0.05) is 36.4 Å². The predicted octanol–water partition coefficient (Wildman–Crippen LogP) is 3.46. The number of allylic oxidation sites excluding steroid dienone is 2. The molecule has 0 aliphatic carbocycles. The lowest BCUT2D eigenvalue weighted by atomic mass is 10.1. The van der Waals surface area contributed by atoms with Crippen LogP contribution < -0.4 is 21.5 Å². The Kier molecular flexibility index (Phi) is 6.05. The van der Waals surface area contributed by atoms with E-state index in [1.807, 2.05) is 72.8 Å². The molecule has 150 valence electrons. The summed E-state index contributed by atoms with van der Waals surface area (Å²) in [6.45, 7) is 0.574. The number of benzene rings is 2. The van der Waals surface area contributed by atoms with Gasteiger partial charge in [0.2, 0.25) is 0 Å². The molecule has 1 aliphatic heterocycles. The zero-order chi connectivity index (χ0) is 20.6. The van der Waals surface area contributed by atoms with E-state index in [0.717, 1.165) is 34.8 Å². The molecular weight excluding hydrogens is 374 g/mol. The fourth-order valence-corrected chi connectivity index (χ4v) is 3.11. The topological polar surface area (TPSA) is 78.1 Å². The first-order chi connectivity index (χ1) is 14.8. The number of hydrogen-bond donors (Lipinski definition) is 4. The first-order valence-electron chi connectivity index (χ1n) is 9.81. The molecule has 4 N–H and O–H groups in total. The van der Waals surface area contributed by atoms with Crippen LogP contribution in [0.25, 0.3) is 5.70 Å². The number of pyridine rings is 1. The minimum atomic E-state index is -0.0947. The number of amides is 1. The van der Waals surface area contributed by atoms with Crippen molar-refractivity contribution in [1.82, 2.24) is 21.2 Å². The molecule has 30 heavy (non-hydrogen) atoms. The van der Waals surface area contributed by atoms with E-state index < -0.39 is 0 Å². The number of carbonyl (C=O) groups excluding carboxylic acids is 1. The van der Waals surface area contributed by atoms with Crippen LogP contribution in [0.2, 0.25) is 0 Å². The van der Waals surface area contributed by atoms with Gasteiger partial charge in [-0.05, 0) is 60.0 Å². The average Bonchev–Trinajstić information content (AvgIpc) is 2.81. The number of hydrazine groups is 1. The van der Waals surface area contributed by atoms with Gasteiger partial charge in [-0.2, -0.15) is 0 Å². The van der Waals surface area contributed by atoms with Gasteiger partial charge in [0.25, 0.3) is 5.91 Å². The van der Waals surface area contributed by atoms with E-state index in [9.17, 15) is 4.79 Å². The van der Waals surface area contributed by atoms with Crippen molar-refractivity contribution in [2.45, 2.75) is 6.42 Å². The van der Waals surface area contributed by atoms with Gasteiger partial charge in [-0.25, -0.2) is 0 Å². The monoisotopic (exact) mass is 397 g/mol. The molecule has 0 atom stereocenters. The SMILES string of the molecule is O=C(NCCc1ccncc1)c1cccc(NC2=CC=C(c3ccccc3)NN2)c1. The Balaban J connectivity index is 1.35. The number of nitrogens with zero attached hydrogens (tertiary/aromatic N) is 1. The van der Waals surface area contributed by atoms with Crippen molar-refractivity contribution in [3.63, 3.8) is 0 Å². The number of anilines is 1. The van der Waals surface area contributed by atoms with Crippen molar-refractivity contribution in [2.24, 2.45) is 0 Å². The Morgan fingerprint density at radius 1 is 0.900 bits per heavy atom. The van der Waals surface area contributed by atoms with Crippen molar-refractivity contribution in [2.75, 3.05) is 11.9 Å². The van der Waals surface area contributed by atoms with E-state index in [4.69, 9.17) is 0 Å². The summed E-state index contributed by atoms with van der Waals surface area (Å²) in [5.74, 6) is 0.701. The summed E-state index contributed by atoms with van der Waals surface area (Å²) >= 11 is 0. The van der Waals surface area contributed by atoms with Gasteiger partial charge in [0.1, 0.15) is 5.82 Å². The van der Waals surface area contributed by atoms with Crippen LogP contribution in [-0.2, 0) is 6.42 Å². The quantitative estimate of drug-likeness (QED) is 0.491. The molecule has 1 aromatic heterocycles. The molecule has 1 amide bonds. The lowest BCUT2D eigenvalue weighted by Gasteiger charge is -2.21. The van der Waals surface area contributed by atoms with E-state index in [2.05, 4.69) is 26.5 Å². The van der Waals surface area contributed by atoms with Gasteiger partial charge in [-0.3, -0.25) is 20.6 Å². The summed E-state index contributed by atoms with van der Waals surface area (Å²) in [6, 6.07) is 21.4. The number of rotatable bonds is 7. The zero-order valence-corrected chi connectivity index (χ0v) is 16.4. The first kappa shape index (κ1) is 19.3. The molecule has 0 saturated carbocycles. The maximum absolute atomic E-state index is 12.5. The second kappa shape index (κ2) is 9.43. The largest absolute Gasteiger partial charge is 0.352 e. The lowest BCUT2D eigenvalue weighted by molar-refractivity contribution is 0.0954. The molecule has 2 heterocycles. The molecule has 4 rings (SSSR count). The maximum Gasteiger partial charge on any atom is 0.251 e. The summed E-state index contributed by atoms with van der Waals surface area (Å²) in [4.78, 5) is 16.5. The minimum Gasteiger partial charge on any atom is -0.352 e. The highest BCUT2D eigenvalue weighted by atomic mass is 16.1. The van der Waals surface area contributed by atoms with Crippen LogP contribution in [0, 0.1) is 0 Å². The van der Waals surface area contributed by atoms with E-state index in [1.54, 1.807) is 18.5 Å². The second-order valence-corrected chi connectivity index (χ2v) is 6.84. The molecular formula is C24H23N5O. The third kappa shape index (κ3) is 5.05. The van der Waals surface area contributed by atoms with Crippen LogP contribution in [0.15, 0.2) is 97.1 Å². The van der Waals surface area contributed by atoms with Gasteiger partial charge in [-0.15, -0.1) is 0 Å². The Morgan fingerprint density at radius 3 is 2.50 bits per heavy atom. The normalized spacial score (nSPS) is 12.7. The van der Waals surface area contributed by atoms with Gasteiger partial charge >= 0.3 is 0 Å². The molecule has 6 heteroatoms. The molecule has 0 spiro atoms. The summed E-state index contributed by atoms with van der Waals surface area (Å²) in [7, 11) is 0. The second-order valence-electron chi connectivity index (χ2n) is 6.84. The highest BCUT2D eigenvalue weighted by molar-refractivity contribution is 5.95. The predicted molar refractivity (Wildman–Crippen MR) is 119 cm³/mol. The van der Waals surface area contributed by atoms with Crippen LogP contribution in [0.4, 0.5) is 5.69 Å². The van der Waals surface area contributed by atoms with Crippen LogP contribution in [-0.4, -0.2) is 17.4 Å². The number of hydrogen-bond acceptors (Lipinski definition) is 5. The summed E-state index contributed by atoms with van der Waals surface area (Å²) in [5, 5.41) is 6.25. The summed E-state index contributed by atoms with van der Waals surface area (Å²) in [6.07, 6.45) is 8.25. The van der Waals surface area contributed by atoms with Crippen molar-refractivity contribution >= 4 is 17.3 Å². The molecule has 0 radical (unpaired) electrons. The third-order valence-corrected chi connectivity index (χ3v) is 4.69. The van der Waals surface area contributed by atoms with Crippen molar-refractivity contribution in [3.8, 4) is 0 Å². The van der Waals surface area contributed by atoms with Gasteiger partial charge in [0, 0.05) is 30.2 Å². The fourth-order valence-electron chi connectivity index (χ4n) is 3.11. The van der Waals surface area contributed by atoms with Crippen LogP contribution in [0.3, 0.4) is 0 Å². The molecule has 1 aliphatic rings. The van der Waals surface area contributed by atoms with Crippen LogP contribution in [0.1, 0.15) is 21.5 Å². The number of carbonyl (C=O) groups is 1. The van der Waals surface area contributed by atoms with E-state index in [-0.39, 0.29) is 5.91 Å². The molecule has 3 aromatic rings. The van der Waals surface area contributed by atoms with E-state index in [1.165, 1.54) is 0 Å². The van der Waals surface area contributed by atoms with E-state index >= 15 is 0 Å². The zero-order valence-electron chi connectivity index (χ0n) is 16.4. The Hall–Kier alpha value is -4.06. The fraction of sp³-hybridized carbons (Fsp3) is 0.0833. The Labute approximate surface area is 175 Å². The molecule has 6 nitrogen and oxygen atoms in total. The molecule has 2 aromatic carbocycles. The number of nitrogens with one attached hydrogen (secondary N) is 4. The molecule has 0 saturated heterocycles. The van der Waals surface area contributed by atoms with E-state index in [0.29, 0.717) is 12.1 Å². The standard InChI is InChI=1S/C24H23N5O/c30-24(26-16-13-18-11-14-25-15-12-18)20-7-4-8-21(17-20)27-23-10-9-22(28-29-23)19-5-2-1-3-6-19/h1-12,14-15,17,27-29H,13,16H2,(H,26,30). The smallest absolute Gasteiger partial charge is 0.251 e. The van der Waals surface area contributed by atoms with Crippen molar-refractivity contribution < 1.29 is 4.79 Å². The summed E-state index contributed by atoms with van der Waals surface area (Å²) in [5.41, 5.74) is 11.0. The highest BCUT2D eigenvalue weighted by Gasteiger charge is 2.09. The Morgan fingerprint density at radius 2 is 1.73 bits per heavy atom. The minimum absolute atomic E-state index is 0.0947. The molecule has 0 unspecified atom stereocenters. The van der Waals surface area contributed by atoms with Gasteiger partial charge < -0.3 is 10.6 Å². The lowest BCUT2D eigenvalue weighted by Crippen LogP contribution is -2.35. The number of aromatic nitrogens is 1.